The number of esters is 1. The molecule has 0 aliphatic heterocycles. The normalized spacial score (nSPS) is 11.1. The second kappa shape index (κ2) is 15.3. The Morgan fingerprint density at radius 3 is 1.95 bits per heavy atom. The second-order valence-electron chi connectivity index (χ2n) is 5.20. The number of hydrogen-bond donors (Lipinski definition) is 0. The standard InChI is InChI=1S/C17H32O2/c1-3-4-5-6-7-8-9-10-11-12-13-14-15-16-17(18)19-2/h10-11H,3-9,12-16H2,1-2H3/b11-10+. The first-order valence-corrected chi connectivity index (χ1v) is 8.03. The van der Waals surface area contributed by atoms with Crippen LogP contribution in [0.1, 0.15) is 84.0 Å². The third-order valence-electron chi connectivity index (χ3n) is 3.37. The fourth-order valence-corrected chi connectivity index (χ4v) is 2.09. The fourth-order valence-electron chi connectivity index (χ4n) is 2.09. The van der Waals surface area contributed by atoms with E-state index in [-0.39, 0.29) is 5.97 Å². The molecule has 0 saturated carbocycles. The van der Waals surface area contributed by atoms with Gasteiger partial charge in [0.25, 0.3) is 0 Å². The summed E-state index contributed by atoms with van der Waals surface area (Å²) in [5.74, 6) is -0.0846. The van der Waals surface area contributed by atoms with E-state index in [2.05, 4.69) is 23.8 Å². The van der Waals surface area contributed by atoms with E-state index >= 15 is 0 Å². The lowest BCUT2D eigenvalue weighted by molar-refractivity contribution is -0.140. The van der Waals surface area contributed by atoms with Gasteiger partial charge in [0.05, 0.1) is 7.11 Å². The van der Waals surface area contributed by atoms with Gasteiger partial charge in [0.1, 0.15) is 0 Å². The number of ether oxygens (including phenoxy) is 1. The first kappa shape index (κ1) is 18.2. The third-order valence-corrected chi connectivity index (χ3v) is 3.37. The molecule has 0 aliphatic carbocycles. The van der Waals surface area contributed by atoms with Crippen LogP contribution >= 0.6 is 0 Å². The average molecular weight is 268 g/mol. The van der Waals surface area contributed by atoms with E-state index in [4.69, 9.17) is 0 Å². The van der Waals surface area contributed by atoms with E-state index in [1.807, 2.05) is 0 Å². The maximum Gasteiger partial charge on any atom is 0.305 e. The Bertz CT molecular complexity index is 221. The number of carbonyl (C=O) groups excluding carboxylic acids is 1. The van der Waals surface area contributed by atoms with Gasteiger partial charge in [-0.15, -0.1) is 0 Å². The van der Waals surface area contributed by atoms with Crippen LogP contribution in [0.25, 0.3) is 0 Å². The summed E-state index contributed by atoms with van der Waals surface area (Å²) in [6, 6.07) is 0. The maximum atomic E-state index is 10.9. The zero-order chi connectivity index (χ0) is 14.2. The highest BCUT2D eigenvalue weighted by Gasteiger charge is 1.97. The molecule has 0 saturated heterocycles. The minimum absolute atomic E-state index is 0.0846. The first-order chi connectivity index (χ1) is 9.31. The number of methoxy groups -OCH3 is 1. The molecule has 0 aromatic rings. The molecular weight excluding hydrogens is 236 g/mol. The van der Waals surface area contributed by atoms with Crippen molar-refractivity contribution in [2.24, 2.45) is 0 Å². The van der Waals surface area contributed by atoms with Gasteiger partial charge in [-0.2, -0.15) is 0 Å². The van der Waals surface area contributed by atoms with Crippen molar-refractivity contribution in [2.75, 3.05) is 7.11 Å². The lowest BCUT2D eigenvalue weighted by atomic mass is 10.1. The van der Waals surface area contributed by atoms with Crippen molar-refractivity contribution in [3.8, 4) is 0 Å². The summed E-state index contributed by atoms with van der Waals surface area (Å²) in [6.45, 7) is 2.26. The molecule has 0 radical (unpaired) electrons. The Hall–Kier alpha value is -0.790. The van der Waals surface area contributed by atoms with Crippen molar-refractivity contribution in [3.63, 3.8) is 0 Å². The number of unbranched alkanes of at least 4 members (excludes halogenated alkanes) is 9. The van der Waals surface area contributed by atoms with Gasteiger partial charge in [0, 0.05) is 6.42 Å². The predicted octanol–water partition coefficient (Wildman–Crippen LogP) is 5.42. The number of hydrogen-bond acceptors (Lipinski definition) is 2. The molecule has 0 atom stereocenters. The van der Waals surface area contributed by atoms with Crippen molar-refractivity contribution < 1.29 is 9.53 Å². The topological polar surface area (TPSA) is 26.3 Å². The van der Waals surface area contributed by atoms with Gasteiger partial charge in [0.15, 0.2) is 0 Å². The summed E-state index contributed by atoms with van der Waals surface area (Å²) in [7, 11) is 1.45. The number of carbonyl (C=O) groups is 1. The largest absolute Gasteiger partial charge is 0.469 e. The van der Waals surface area contributed by atoms with Crippen LogP contribution in [0.5, 0.6) is 0 Å². The second-order valence-corrected chi connectivity index (χ2v) is 5.20. The Balaban J connectivity index is 3.11. The van der Waals surface area contributed by atoms with E-state index in [0.717, 1.165) is 19.3 Å². The lowest BCUT2D eigenvalue weighted by Crippen LogP contribution is -1.98. The van der Waals surface area contributed by atoms with E-state index in [1.165, 1.54) is 58.5 Å². The Morgan fingerprint density at radius 1 is 0.842 bits per heavy atom. The van der Waals surface area contributed by atoms with Crippen LogP contribution in [0.2, 0.25) is 0 Å². The van der Waals surface area contributed by atoms with Crippen LogP contribution < -0.4 is 0 Å². The molecule has 0 heterocycles. The summed E-state index contributed by atoms with van der Waals surface area (Å²) in [6.07, 6.45) is 19.1. The summed E-state index contributed by atoms with van der Waals surface area (Å²) < 4.78 is 4.60. The molecule has 0 bridgehead atoms. The quantitative estimate of drug-likeness (QED) is 0.253. The summed E-state index contributed by atoms with van der Waals surface area (Å²) in [4.78, 5) is 10.9. The zero-order valence-electron chi connectivity index (χ0n) is 13.0. The monoisotopic (exact) mass is 268 g/mol. The molecule has 0 aromatic heterocycles. The smallest absolute Gasteiger partial charge is 0.305 e. The molecule has 0 N–H and O–H groups in total. The number of allylic oxidation sites excluding steroid dienone is 2. The van der Waals surface area contributed by atoms with Gasteiger partial charge >= 0.3 is 5.97 Å². The van der Waals surface area contributed by atoms with Gasteiger partial charge in [-0.25, -0.2) is 0 Å². The Labute approximate surface area is 119 Å². The van der Waals surface area contributed by atoms with Gasteiger partial charge < -0.3 is 4.74 Å². The van der Waals surface area contributed by atoms with Crippen LogP contribution in [0.3, 0.4) is 0 Å². The first-order valence-electron chi connectivity index (χ1n) is 8.03. The summed E-state index contributed by atoms with van der Waals surface area (Å²) >= 11 is 0. The van der Waals surface area contributed by atoms with Gasteiger partial charge in [-0.3, -0.25) is 4.79 Å². The van der Waals surface area contributed by atoms with Crippen LogP contribution in [-0.4, -0.2) is 13.1 Å². The fraction of sp³-hybridized carbons (Fsp3) is 0.824. The van der Waals surface area contributed by atoms with Gasteiger partial charge in [-0.05, 0) is 32.1 Å². The highest BCUT2D eigenvalue weighted by molar-refractivity contribution is 5.68. The van der Waals surface area contributed by atoms with Crippen molar-refractivity contribution in [2.45, 2.75) is 84.0 Å². The van der Waals surface area contributed by atoms with E-state index in [9.17, 15) is 4.79 Å². The van der Waals surface area contributed by atoms with Crippen LogP contribution in [0.15, 0.2) is 12.2 Å². The maximum absolute atomic E-state index is 10.9. The van der Waals surface area contributed by atoms with Crippen LogP contribution in [0.4, 0.5) is 0 Å². The van der Waals surface area contributed by atoms with Gasteiger partial charge in [0.2, 0.25) is 0 Å². The molecule has 2 heteroatoms. The molecule has 0 fully saturated rings. The molecule has 19 heavy (non-hydrogen) atoms. The Morgan fingerprint density at radius 2 is 1.37 bits per heavy atom. The molecule has 0 spiro atoms. The predicted molar refractivity (Wildman–Crippen MR) is 82.2 cm³/mol. The molecule has 0 rings (SSSR count). The van der Waals surface area contributed by atoms with Crippen LogP contribution in [-0.2, 0) is 9.53 Å². The minimum Gasteiger partial charge on any atom is -0.469 e. The third kappa shape index (κ3) is 15.2. The van der Waals surface area contributed by atoms with Crippen molar-refractivity contribution >= 4 is 5.97 Å². The lowest BCUT2D eigenvalue weighted by Gasteiger charge is -1.99. The van der Waals surface area contributed by atoms with E-state index in [1.54, 1.807) is 0 Å². The zero-order valence-corrected chi connectivity index (χ0v) is 13.0. The highest BCUT2D eigenvalue weighted by Crippen LogP contribution is 2.08. The molecule has 0 unspecified atom stereocenters. The van der Waals surface area contributed by atoms with Crippen molar-refractivity contribution in [1.82, 2.24) is 0 Å². The average Bonchev–Trinajstić information content (AvgIpc) is 2.43. The van der Waals surface area contributed by atoms with Crippen LogP contribution in [0, 0.1) is 0 Å². The minimum atomic E-state index is -0.0846. The highest BCUT2D eigenvalue weighted by atomic mass is 16.5. The SMILES string of the molecule is CCCCCCCC/C=C/CCCCCC(=O)OC. The molecule has 112 valence electrons. The van der Waals surface area contributed by atoms with Crippen molar-refractivity contribution in [1.29, 1.82) is 0 Å². The molecule has 0 aliphatic rings. The summed E-state index contributed by atoms with van der Waals surface area (Å²) in [5.41, 5.74) is 0. The van der Waals surface area contributed by atoms with E-state index in [0.29, 0.717) is 6.42 Å². The van der Waals surface area contributed by atoms with E-state index < -0.39 is 0 Å². The molecule has 0 aromatic carbocycles. The van der Waals surface area contributed by atoms with Crippen molar-refractivity contribution in [3.05, 3.63) is 12.2 Å². The Kier molecular flexibility index (Phi) is 14.6. The number of rotatable bonds is 13. The van der Waals surface area contributed by atoms with Gasteiger partial charge in [-0.1, -0.05) is 57.6 Å². The molecule has 2 nitrogen and oxygen atoms in total. The molecular formula is C17H32O2. The molecule has 0 amide bonds. The summed E-state index contributed by atoms with van der Waals surface area (Å²) in [5, 5.41) is 0.